The number of aromatic nitrogens is 2. The predicted octanol–water partition coefficient (Wildman–Crippen LogP) is 8.87. The fourth-order valence-electron chi connectivity index (χ4n) is 5.37. The Morgan fingerprint density at radius 1 is 0.841 bits per heavy atom. The number of aliphatic hydroxyl groups excluding tert-OH is 1. The second kappa shape index (κ2) is 13.7. The molecule has 6 nitrogen and oxygen atoms in total. The van der Waals surface area contributed by atoms with Gasteiger partial charge in [-0.1, -0.05) is 74.9 Å². The SMILES string of the molecule is CC(C)CC(=O)/C=C(\O)CC(C)C.N#Cc1cc2nc3c4[c-]cccc4c4ccc5ccccc5c4c3nc2cc1C#N.[Ir]. The van der Waals surface area contributed by atoms with Gasteiger partial charge in [-0.3, -0.25) is 14.8 Å². The van der Waals surface area contributed by atoms with Crippen LogP contribution in [0.15, 0.2) is 78.6 Å². The van der Waals surface area contributed by atoms with E-state index in [1.165, 1.54) is 6.08 Å². The van der Waals surface area contributed by atoms with E-state index < -0.39 is 0 Å². The molecule has 0 saturated heterocycles. The van der Waals surface area contributed by atoms with Gasteiger partial charge in [-0.2, -0.15) is 10.5 Å². The standard InChI is InChI=1S/C26H11N4.C11H20O2.Ir/c27-13-16-11-22-23(12-17(16)14-28)30-26-24-18-6-2-1-5-15(18)9-10-20(24)19-7-3-4-8-21(19)25(26)29-22;1-8(2)5-10(12)7-11(13)6-9(3)4;/h1-7,9-12H;7-9,12H,5-6H2,1-4H3;/q-1;;/b;10-7-;. The molecule has 0 aliphatic carbocycles. The number of fused-ring (bicyclic) bond motifs is 9. The zero-order valence-corrected chi connectivity index (χ0v) is 27.4. The second-order valence-corrected chi connectivity index (χ2v) is 11.5. The Hall–Kier alpha value is -4.68. The third-order valence-corrected chi connectivity index (χ3v) is 7.15. The molecule has 0 aliphatic heterocycles. The van der Waals surface area contributed by atoms with E-state index in [9.17, 15) is 20.4 Å². The zero-order valence-electron chi connectivity index (χ0n) is 25.0. The van der Waals surface area contributed by atoms with Crippen molar-refractivity contribution in [1.29, 1.82) is 10.5 Å². The number of hydrogen-bond donors (Lipinski definition) is 1. The number of aliphatic hydroxyl groups is 1. The zero-order chi connectivity index (χ0) is 30.7. The number of benzene rings is 5. The van der Waals surface area contributed by atoms with Crippen LogP contribution in [0.5, 0.6) is 0 Å². The van der Waals surface area contributed by atoms with E-state index in [0.29, 0.717) is 46.8 Å². The van der Waals surface area contributed by atoms with Gasteiger partial charge in [0.1, 0.15) is 12.1 Å². The van der Waals surface area contributed by atoms with Gasteiger partial charge in [-0.25, -0.2) is 0 Å². The molecule has 5 aromatic carbocycles. The summed E-state index contributed by atoms with van der Waals surface area (Å²) < 4.78 is 0. The summed E-state index contributed by atoms with van der Waals surface area (Å²) in [6.07, 6.45) is 2.46. The fourth-order valence-corrected chi connectivity index (χ4v) is 5.37. The van der Waals surface area contributed by atoms with Gasteiger partial charge in [-0.05, 0) is 40.1 Å². The Morgan fingerprint density at radius 2 is 1.45 bits per heavy atom. The number of nitriles is 2. The molecule has 1 heterocycles. The maximum absolute atomic E-state index is 11.2. The van der Waals surface area contributed by atoms with E-state index in [2.05, 4.69) is 48.5 Å². The smallest absolute Gasteiger partial charge is 0.159 e. The van der Waals surface area contributed by atoms with Crippen molar-refractivity contribution in [3.63, 3.8) is 0 Å². The molecule has 1 N–H and O–H groups in total. The first-order valence-corrected chi connectivity index (χ1v) is 14.3. The number of rotatable bonds is 5. The summed E-state index contributed by atoms with van der Waals surface area (Å²) in [5.41, 5.74) is 3.32. The molecule has 0 amide bonds. The van der Waals surface area contributed by atoms with E-state index in [0.717, 1.165) is 43.4 Å². The summed E-state index contributed by atoms with van der Waals surface area (Å²) in [4.78, 5) is 21.0. The maximum Gasteiger partial charge on any atom is 0.159 e. The summed E-state index contributed by atoms with van der Waals surface area (Å²) in [5.74, 6) is 0.979. The molecule has 0 unspecified atom stereocenters. The van der Waals surface area contributed by atoms with Crippen LogP contribution in [0.1, 0.15) is 51.7 Å². The van der Waals surface area contributed by atoms with Crippen LogP contribution < -0.4 is 0 Å². The van der Waals surface area contributed by atoms with Gasteiger partial charge in [0.25, 0.3) is 0 Å². The van der Waals surface area contributed by atoms with Crippen molar-refractivity contribution in [2.45, 2.75) is 40.5 Å². The molecular weight excluding hydrogens is 725 g/mol. The number of carbonyl (C=O) groups is 1. The van der Waals surface area contributed by atoms with E-state index in [-0.39, 0.29) is 31.6 Å². The summed E-state index contributed by atoms with van der Waals surface area (Å²) in [6, 6.07) is 29.2. The molecule has 0 fully saturated rings. The molecule has 44 heavy (non-hydrogen) atoms. The molecule has 0 bridgehead atoms. The number of ketones is 1. The monoisotopic (exact) mass is 756 g/mol. The number of nitrogens with zero attached hydrogens (tertiary/aromatic N) is 4. The Balaban J connectivity index is 0.000000271. The van der Waals surface area contributed by atoms with Crippen LogP contribution in [0, 0.1) is 40.6 Å². The van der Waals surface area contributed by atoms with Gasteiger partial charge in [-0.15, -0.1) is 29.7 Å². The number of allylic oxidation sites excluding steroid dienone is 2. The average molecular weight is 756 g/mol. The fraction of sp³-hybridized carbons (Fsp3) is 0.216. The van der Waals surface area contributed by atoms with Crippen LogP contribution in [0.4, 0.5) is 0 Å². The molecule has 221 valence electrons. The first kappa shape index (κ1) is 32.2. The van der Waals surface area contributed by atoms with Crippen molar-refractivity contribution >= 4 is 60.2 Å². The van der Waals surface area contributed by atoms with E-state index >= 15 is 0 Å². The van der Waals surface area contributed by atoms with E-state index in [1.54, 1.807) is 12.1 Å². The molecule has 0 spiro atoms. The van der Waals surface area contributed by atoms with Gasteiger partial charge in [0.2, 0.25) is 0 Å². The third-order valence-electron chi connectivity index (χ3n) is 7.15. The first-order valence-electron chi connectivity index (χ1n) is 14.3. The first-order chi connectivity index (χ1) is 20.7. The quantitative estimate of drug-likeness (QED) is 0.0619. The van der Waals surface area contributed by atoms with Crippen molar-refractivity contribution in [3.05, 3.63) is 95.8 Å². The maximum atomic E-state index is 11.2. The van der Waals surface area contributed by atoms with Crippen LogP contribution in [0.2, 0.25) is 0 Å². The Labute approximate surface area is 270 Å². The van der Waals surface area contributed by atoms with Crippen LogP contribution in [-0.2, 0) is 24.9 Å². The minimum atomic E-state index is 0. The minimum absolute atomic E-state index is 0. The topological polar surface area (TPSA) is 111 Å². The second-order valence-electron chi connectivity index (χ2n) is 11.5. The molecule has 1 aromatic heterocycles. The molecule has 0 atom stereocenters. The largest absolute Gasteiger partial charge is 0.512 e. The van der Waals surface area contributed by atoms with Gasteiger partial charge >= 0.3 is 0 Å². The van der Waals surface area contributed by atoms with Gasteiger partial charge < -0.3 is 5.11 Å². The molecule has 6 rings (SSSR count). The summed E-state index contributed by atoms with van der Waals surface area (Å²) >= 11 is 0. The van der Waals surface area contributed by atoms with E-state index in [4.69, 9.17) is 9.97 Å². The summed E-state index contributed by atoms with van der Waals surface area (Å²) in [7, 11) is 0. The average Bonchev–Trinajstić information content (AvgIpc) is 2.98. The molecule has 7 heteroatoms. The molecular formula is C37H31IrN4O2-. The van der Waals surface area contributed by atoms with Crippen molar-refractivity contribution in [1.82, 2.24) is 9.97 Å². The molecule has 0 aliphatic rings. The van der Waals surface area contributed by atoms with Crippen molar-refractivity contribution in [2.75, 3.05) is 0 Å². The van der Waals surface area contributed by atoms with Crippen molar-refractivity contribution in [2.24, 2.45) is 11.8 Å². The normalized spacial score (nSPS) is 11.4. The third kappa shape index (κ3) is 6.61. The molecule has 6 aromatic rings. The van der Waals surface area contributed by atoms with Crippen molar-refractivity contribution < 1.29 is 30.0 Å². The Morgan fingerprint density at radius 3 is 2.09 bits per heavy atom. The summed E-state index contributed by atoms with van der Waals surface area (Å²) in [5, 5.41) is 34.5. The molecule has 0 saturated carbocycles. The number of hydrogen-bond acceptors (Lipinski definition) is 6. The van der Waals surface area contributed by atoms with E-state index in [1.807, 2.05) is 52.0 Å². The predicted molar refractivity (Wildman–Crippen MR) is 172 cm³/mol. The van der Waals surface area contributed by atoms with Gasteiger partial charge in [0, 0.05) is 44.5 Å². The van der Waals surface area contributed by atoms with Crippen molar-refractivity contribution in [3.8, 4) is 12.1 Å². The van der Waals surface area contributed by atoms with Crippen LogP contribution in [-0.4, -0.2) is 20.9 Å². The van der Waals surface area contributed by atoms with Crippen LogP contribution >= 0.6 is 0 Å². The Bertz CT molecular complexity index is 2150. The minimum Gasteiger partial charge on any atom is -0.512 e. The Kier molecular flexibility index (Phi) is 10.1. The number of carbonyl (C=O) groups excluding carboxylic acids is 1. The van der Waals surface area contributed by atoms with Crippen LogP contribution in [0.3, 0.4) is 0 Å². The van der Waals surface area contributed by atoms with Crippen LogP contribution in [0.25, 0.3) is 54.4 Å². The van der Waals surface area contributed by atoms with Gasteiger partial charge in [0.15, 0.2) is 5.78 Å². The summed E-state index contributed by atoms with van der Waals surface area (Å²) in [6.45, 7) is 8.00. The van der Waals surface area contributed by atoms with Gasteiger partial charge in [0.05, 0.1) is 33.4 Å². The molecule has 1 radical (unpaired) electrons.